The van der Waals surface area contributed by atoms with Crippen LogP contribution in [0.5, 0.6) is 0 Å². The maximum atomic E-state index is 12.9. The van der Waals surface area contributed by atoms with Gasteiger partial charge in [0.25, 0.3) is 17.2 Å². The first-order valence-corrected chi connectivity index (χ1v) is 11.0. The lowest BCUT2D eigenvalue weighted by Gasteiger charge is -2.10. The van der Waals surface area contributed by atoms with E-state index in [1.165, 1.54) is 28.2 Å². The van der Waals surface area contributed by atoms with Gasteiger partial charge in [0.2, 0.25) is 5.95 Å². The summed E-state index contributed by atoms with van der Waals surface area (Å²) in [5, 5.41) is 20.2. The van der Waals surface area contributed by atoms with Gasteiger partial charge in [-0.25, -0.2) is 4.98 Å². The van der Waals surface area contributed by atoms with Crippen LogP contribution in [0.3, 0.4) is 0 Å². The minimum atomic E-state index is -0.662. The molecule has 4 rings (SSSR count). The predicted molar refractivity (Wildman–Crippen MR) is 125 cm³/mol. The van der Waals surface area contributed by atoms with Crippen molar-refractivity contribution in [2.45, 2.75) is 20.3 Å². The lowest BCUT2D eigenvalue weighted by atomic mass is 10.2. The van der Waals surface area contributed by atoms with Gasteiger partial charge in [0, 0.05) is 29.0 Å². The van der Waals surface area contributed by atoms with E-state index in [4.69, 9.17) is 11.6 Å². The molecule has 0 spiro atoms. The van der Waals surface area contributed by atoms with E-state index in [9.17, 15) is 19.7 Å². The molecule has 0 bridgehead atoms. The number of carbonyl (C=O) groups is 1. The first kappa shape index (κ1) is 22.4. The number of hydrogen-bond acceptors (Lipinski definition) is 7. The second kappa shape index (κ2) is 8.96. The highest BCUT2D eigenvalue weighted by atomic mass is 35.5. The molecule has 1 amide bonds. The summed E-state index contributed by atoms with van der Waals surface area (Å²) in [6, 6.07) is 9.13. The van der Waals surface area contributed by atoms with Crippen molar-refractivity contribution >= 4 is 40.4 Å². The third-order valence-electron chi connectivity index (χ3n) is 4.89. The molecule has 4 aromatic rings. The number of hydrogen-bond donors (Lipinski definition) is 2. The van der Waals surface area contributed by atoms with Gasteiger partial charge in [-0.1, -0.05) is 24.6 Å². The summed E-state index contributed by atoms with van der Waals surface area (Å²) in [4.78, 5) is 43.9. The normalized spacial score (nSPS) is 10.9. The number of rotatable bonds is 6. The van der Waals surface area contributed by atoms with Gasteiger partial charge in [0.15, 0.2) is 0 Å². The topological polar surface area (TPSA) is 136 Å². The molecule has 3 aromatic heterocycles. The molecule has 0 aliphatic heterocycles. The second-order valence-corrected chi connectivity index (χ2v) is 8.34. The van der Waals surface area contributed by atoms with Crippen molar-refractivity contribution in [2.24, 2.45) is 0 Å². The zero-order valence-electron chi connectivity index (χ0n) is 17.5. The highest BCUT2D eigenvalue weighted by molar-refractivity contribution is 7.13. The molecule has 168 valence electrons. The zero-order chi connectivity index (χ0) is 23.7. The fourth-order valence-electron chi connectivity index (χ4n) is 3.27. The standard InChI is InChI=1S/C21H17ClN6O4S/c1-3-13-11(2)23-21(25-20(13)30)27-18(10-15(26-27)17-5-4-8-33-17)24-19(29)12-6-7-14(22)16(9-12)28(31)32/h4-10H,3H2,1-2H3,(H,24,29)(H,23,25,30). The number of thiophene rings is 1. The van der Waals surface area contributed by atoms with Crippen LogP contribution < -0.4 is 10.9 Å². The van der Waals surface area contributed by atoms with E-state index < -0.39 is 10.8 Å². The number of carbonyl (C=O) groups excluding carboxylic acids is 1. The van der Waals surface area contributed by atoms with E-state index in [1.54, 1.807) is 13.0 Å². The maximum absolute atomic E-state index is 12.9. The Morgan fingerprint density at radius 3 is 2.76 bits per heavy atom. The third-order valence-corrected chi connectivity index (χ3v) is 6.11. The predicted octanol–water partition coefficient (Wildman–Crippen LogP) is 4.37. The zero-order valence-corrected chi connectivity index (χ0v) is 19.0. The summed E-state index contributed by atoms with van der Waals surface area (Å²) in [7, 11) is 0. The molecule has 0 atom stereocenters. The van der Waals surface area contributed by atoms with Crippen LogP contribution in [0.1, 0.15) is 28.5 Å². The number of amides is 1. The molecule has 33 heavy (non-hydrogen) atoms. The van der Waals surface area contributed by atoms with Gasteiger partial charge in [0.05, 0.1) is 9.80 Å². The molecule has 3 heterocycles. The molecular weight excluding hydrogens is 468 g/mol. The largest absolute Gasteiger partial charge is 0.306 e. The summed E-state index contributed by atoms with van der Waals surface area (Å²) in [5.74, 6) is -0.249. The van der Waals surface area contributed by atoms with Gasteiger partial charge in [-0.15, -0.1) is 11.3 Å². The van der Waals surface area contributed by atoms with Crippen LogP contribution in [-0.4, -0.2) is 30.6 Å². The Morgan fingerprint density at radius 2 is 2.12 bits per heavy atom. The Balaban J connectivity index is 1.78. The average Bonchev–Trinajstić information content (AvgIpc) is 3.43. The highest BCUT2D eigenvalue weighted by Crippen LogP contribution is 2.29. The van der Waals surface area contributed by atoms with Crippen LogP contribution in [0.15, 0.2) is 46.6 Å². The van der Waals surface area contributed by atoms with E-state index in [0.29, 0.717) is 23.4 Å². The van der Waals surface area contributed by atoms with Gasteiger partial charge in [-0.2, -0.15) is 9.78 Å². The molecule has 0 radical (unpaired) electrons. The molecule has 0 aliphatic rings. The molecule has 0 saturated carbocycles. The monoisotopic (exact) mass is 484 g/mol. The number of anilines is 1. The fraction of sp³-hybridized carbons (Fsp3) is 0.143. The lowest BCUT2D eigenvalue weighted by Crippen LogP contribution is -2.22. The van der Waals surface area contributed by atoms with Crippen molar-refractivity contribution in [3.8, 4) is 16.5 Å². The van der Waals surface area contributed by atoms with Gasteiger partial charge < -0.3 is 5.32 Å². The fourth-order valence-corrected chi connectivity index (χ4v) is 4.14. The number of nitro groups is 1. The van der Waals surface area contributed by atoms with Crippen molar-refractivity contribution in [2.75, 3.05) is 5.32 Å². The first-order valence-electron chi connectivity index (χ1n) is 9.78. The Labute approximate surface area is 196 Å². The summed E-state index contributed by atoms with van der Waals surface area (Å²) < 4.78 is 1.32. The van der Waals surface area contributed by atoms with Crippen LogP contribution in [0.25, 0.3) is 16.5 Å². The Hall–Kier alpha value is -3.83. The van der Waals surface area contributed by atoms with Crippen molar-refractivity contribution in [1.82, 2.24) is 19.7 Å². The van der Waals surface area contributed by atoms with E-state index >= 15 is 0 Å². The van der Waals surface area contributed by atoms with Crippen molar-refractivity contribution < 1.29 is 9.72 Å². The summed E-state index contributed by atoms with van der Waals surface area (Å²) >= 11 is 7.30. The molecule has 0 unspecified atom stereocenters. The van der Waals surface area contributed by atoms with Crippen LogP contribution >= 0.6 is 22.9 Å². The summed E-state index contributed by atoms with van der Waals surface area (Å²) in [6.45, 7) is 3.59. The number of halogens is 1. The summed E-state index contributed by atoms with van der Waals surface area (Å²) in [5.41, 5.74) is 1.03. The average molecular weight is 485 g/mol. The number of aromatic amines is 1. The minimum Gasteiger partial charge on any atom is -0.306 e. The number of nitrogens with zero attached hydrogens (tertiary/aromatic N) is 4. The molecular formula is C21H17ClN6O4S. The molecule has 0 aliphatic carbocycles. The van der Waals surface area contributed by atoms with Crippen LogP contribution in [0.4, 0.5) is 11.5 Å². The molecule has 2 N–H and O–H groups in total. The first-order chi connectivity index (χ1) is 15.8. The number of benzene rings is 1. The molecule has 0 fully saturated rings. The Kier molecular flexibility index (Phi) is 6.07. The van der Waals surface area contributed by atoms with Gasteiger partial charge in [-0.3, -0.25) is 24.7 Å². The van der Waals surface area contributed by atoms with Crippen molar-refractivity contribution in [1.29, 1.82) is 0 Å². The van der Waals surface area contributed by atoms with Crippen LogP contribution in [-0.2, 0) is 6.42 Å². The quantitative estimate of drug-likeness (QED) is 0.308. The van der Waals surface area contributed by atoms with Gasteiger partial charge in [-0.05, 0) is 36.9 Å². The van der Waals surface area contributed by atoms with Gasteiger partial charge >= 0.3 is 0 Å². The van der Waals surface area contributed by atoms with E-state index in [0.717, 1.165) is 10.9 Å². The smallest absolute Gasteiger partial charge is 0.288 e. The third kappa shape index (κ3) is 4.41. The molecule has 0 saturated heterocycles. The number of nitrogens with one attached hydrogen (secondary N) is 2. The number of nitro benzene ring substituents is 1. The van der Waals surface area contributed by atoms with Crippen molar-refractivity contribution in [3.05, 3.63) is 84.1 Å². The summed E-state index contributed by atoms with van der Waals surface area (Å²) in [6.07, 6.45) is 0.521. The van der Waals surface area contributed by atoms with Crippen molar-refractivity contribution in [3.63, 3.8) is 0 Å². The Morgan fingerprint density at radius 1 is 1.33 bits per heavy atom. The van der Waals surface area contributed by atoms with E-state index in [2.05, 4.69) is 20.4 Å². The van der Waals surface area contributed by atoms with E-state index in [-0.39, 0.29) is 33.6 Å². The lowest BCUT2D eigenvalue weighted by molar-refractivity contribution is -0.384. The maximum Gasteiger partial charge on any atom is 0.288 e. The molecule has 12 heteroatoms. The van der Waals surface area contributed by atoms with Crippen LogP contribution in [0.2, 0.25) is 5.02 Å². The van der Waals surface area contributed by atoms with Gasteiger partial charge in [0.1, 0.15) is 16.5 Å². The number of aryl methyl sites for hydroxylation is 1. The molecule has 10 nitrogen and oxygen atoms in total. The highest BCUT2D eigenvalue weighted by Gasteiger charge is 2.20. The Bertz CT molecular complexity index is 1430. The van der Waals surface area contributed by atoms with E-state index in [1.807, 2.05) is 24.4 Å². The second-order valence-electron chi connectivity index (χ2n) is 6.99. The van der Waals surface area contributed by atoms with Crippen LogP contribution in [0, 0.1) is 17.0 Å². The number of aromatic nitrogens is 4. The molecule has 1 aromatic carbocycles. The number of H-pyrrole nitrogens is 1. The minimum absolute atomic E-state index is 0.0375. The SMILES string of the molecule is CCc1c(C)nc(-n2nc(-c3cccs3)cc2NC(=O)c2ccc(Cl)c([N+](=O)[O-])c2)[nH]c1=O.